The number of likely N-dealkylation sites (N-methyl/N-ethyl adjacent to an activating group) is 1. The van der Waals surface area contributed by atoms with Crippen molar-refractivity contribution in [2.45, 2.75) is 37.4 Å². The van der Waals surface area contributed by atoms with E-state index in [1.54, 1.807) is 24.3 Å². The fraction of sp³-hybridized carbons (Fsp3) is 0.381. The molecule has 2 unspecified atom stereocenters. The highest BCUT2D eigenvalue weighted by Gasteiger charge is 2.35. The number of aliphatic hydroxyl groups excluding tert-OH is 1. The fourth-order valence-corrected chi connectivity index (χ4v) is 4.02. The Bertz CT molecular complexity index is 824. The predicted octanol–water partition coefficient (Wildman–Crippen LogP) is 2.16. The molecule has 3 atom stereocenters. The van der Waals surface area contributed by atoms with Crippen LogP contribution in [0, 0.1) is 11.3 Å². The summed E-state index contributed by atoms with van der Waals surface area (Å²) in [5, 5.41) is 32.8. The number of nitriles is 1. The van der Waals surface area contributed by atoms with Crippen molar-refractivity contribution >= 4 is 17.1 Å². The Labute approximate surface area is 165 Å². The highest BCUT2D eigenvalue weighted by Crippen LogP contribution is 2.32. The van der Waals surface area contributed by atoms with Crippen LogP contribution >= 0.6 is 0 Å². The van der Waals surface area contributed by atoms with Gasteiger partial charge in [0, 0.05) is 17.8 Å². The molecule has 2 aromatic carbocycles. The number of anilines is 3. The number of hydrogen-bond donors (Lipinski definition) is 5. The highest BCUT2D eigenvalue weighted by atomic mass is 16.3. The van der Waals surface area contributed by atoms with Crippen LogP contribution in [-0.4, -0.2) is 48.2 Å². The first-order chi connectivity index (χ1) is 13.6. The molecule has 0 aromatic heterocycles. The normalized spacial score (nSPS) is 23.2. The summed E-state index contributed by atoms with van der Waals surface area (Å²) < 4.78 is 0. The third-order valence-electron chi connectivity index (χ3n) is 5.57. The lowest BCUT2D eigenvalue weighted by Gasteiger charge is -2.41. The first kappa shape index (κ1) is 18.6. The van der Waals surface area contributed by atoms with Gasteiger partial charge >= 0.3 is 0 Å². The summed E-state index contributed by atoms with van der Waals surface area (Å²) in [6.07, 6.45) is 1.19. The number of piperidine rings is 1. The maximum absolute atomic E-state index is 10.4. The van der Waals surface area contributed by atoms with Crippen LogP contribution in [0.15, 0.2) is 48.5 Å². The average Bonchev–Trinajstić information content (AvgIpc) is 3.14. The van der Waals surface area contributed by atoms with E-state index in [1.807, 2.05) is 12.1 Å². The maximum Gasteiger partial charge on any atom is 0.181 e. The zero-order chi connectivity index (χ0) is 19.5. The van der Waals surface area contributed by atoms with Gasteiger partial charge in [-0.1, -0.05) is 12.1 Å². The zero-order valence-electron chi connectivity index (χ0n) is 15.9. The minimum absolute atomic E-state index is 0.149. The summed E-state index contributed by atoms with van der Waals surface area (Å²) in [5.74, 6) is 0. The van der Waals surface area contributed by atoms with E-state index in [9.17, 15) is 5.11 Å². The molecule has 5 N–H and O–H groups in total. The Morgan fingerprint density at radius 3 is 2.46 bits per heavy atom. The topological polar surface area (TPSA) is 95.4 Å². The van der Waals surface area contributed by atoms with Gasteiger partial charge in [-0.05, 0) is 62.8 Å². The largest absolute Gasteiger partial charge is 0.362 e. The Hall–Kier alpha value is -2.79. The van der Waals surface area contributed by atoms with Crippen molar-refractivity contribution < 1.29 is 5.11 Å². The van der Waals surface area contributed by atoms with Crippen LogP contribution in [-0.2, 0) is 0 Å². The highest BCUT2D eigenvalue weighted by molar-refractivity contribution is 5.74. The first-order valence-electron chi connectivity index (χ1n) is 9.65. The molecule has 2 aromatic rings. The molecule has 0 radical (unpaired) electrons. The van der Waals surface area contributed by atoms with Gasteiger partial charge in [-0.2, -0.15) is 5.26 Å². The van der Waals surface area contributed by atoms with Crippen LogP contribution in [0.1, 0.15) is 18.4 Å². The van der Waals surface area contributed by atoms with Gasteiger partial charge < -0.3 is 21.1 Å². The number of nitrogens with zero attached hydrogens (tertiary/aromatic N) is 2. The van der Waals surface area contributed by atoms with Crippen molar-refractivity contribution in [1.82, 2.24) is 10.2 Å². The summed E-state index contributed by atoms with van der Waals surface area (Å²) in [5.41, 5.74) is 3.65. The lowest BCUT2D eigenvalue weighted by molar-refractivity contribution is 0.0969. The number of fused-ring (bicyclic) bond motifs is 1. The standard InChI is InChI=1S/C21H26N6O/c1-27-11-10-16(24-21(28)23-15-8-6-14(13-22)7-9-15)12-19(27)20-25-17-4-2-3-5-18(17)26-20/h2-9,16,19-21,23-26,28H,10-12H2,1H3/t16?,19-,21?/m1/s1. The van der Waals surface area contributed by atoms with Crippen molar-refractivity contribution in [3.63, 3.8) is 0 Å². The van der Waals surface area contributed by atoms with E-state index in [2.05, 4.69) is 51.4 Å². The summed E-state index contributed by atoms with van der Waals surface area (Å²) in [6, 6.07) is 17.9. The lowest BCUT2D eigenvalue weighted by Crippen LogP contribution is -2.56. The van der Waals surface area contributed by atoms with Gasteiger partial charge in [0.15, 0.2) is 6.35 Å². The van der Waals surface area contributed by atoms with Crippen molar-refractivity contribution in [3.8, 4) is 6.07 Å². The Morgan fingerprint density at radius 1 is 1.14 bits per heavy atom. The van der Waals surface area contributed by atoms with Gasteiger partial charge in [0.2, 0.25) is 0 Å². The maximum atomic E-state index is 10.4. The van der Waals surface area contributed by atoms with E-state index >= 15 is 0 Å². The third kappa shape index (κ3) is 4.04. The van der Waals surface area contributed by atoms with Gasteiger partial charge in [-0.25, -0.2) is 0 Å². The molecule has 4 rings (SSSR count). The smallest absolute Gasteiger partial charge is 0.181 e. The molecule has 2 heterocycles. The Balaban J connectivity index is 1.33. The summed E-state index contributed by atoms with van der Waals surface area (Å²) in [7, 11) is 2.15. The molecule has 7 nitrogen and oxygen atoms in total. The summed E-state index contributed by atoms with van der Waals surface area (Å²) >= 11 is 0. The van der Waals surface area contributed by atoms with Crippen LogP contribution in [0.4, 0.5) is 17.1 Å². The summed E-state index contributed by atoms with van der Waals surface area (Å²) in [4.78, 5) is 2.37. The second-order valence-electron chi connectivity index (χ2n) is 7.48. The Kier molecular flexibility index (Phi) is 5.35. The van der Waals surface area contributed by atoms with Crippen LogP contribution in [0.2, 0.25) is 0 Å². The molecule has 0 aliphatic carbocycles. The Morgan fingerprint density at radius 2 is 1.82 bits per heavy atom. The number of rotatable bonds is 5. The molecular formula is C21H26N6O. The molecule has 2 aliphatic heterocycles. The van der Waals surface area contributed by atoms with E-state index in [0.29, 0.717) is 11.6 Å². The van der Waals surface area contributed by atoms with Crippen molar-refractivity contribution in [2.75, 3.05) is 29.5 Å². The van der Waals surface area contributed by atoms with Crippen molar-refractivity contribution in [2.24, 2.45) is 0 Å². The quantitative estimate of drug-likeness (QED) is 0.509. The molecule has 0 amide bonds. The van der Waals surface area contributed by atoms with Crippen LogP contribution < -0.4 is 21.3 Å². The average molecular weight is 378 g/mol. The molecule has 7 heteroatoms. The van der Waals surface area contributed by atoms with Crippen LogP contribution in [0.5, 0.6) is 0 Å². The third-order valence-corrected chi connectivity index (χ3v) is 5.57. The molecule has 0 bridgehead atoms. The van der Waals surface area contributed by atoms with Gasteiger partial charge in [0.1, 0.15) is 6.17 Å². The number of aliphatic hydroxyl groups is 1. The number of nitrogens with one attached hydrogen (secondary N) is 4. The van der Waals surface area contributed by atoms with E-state index in [-0.39, 0.29) is 12.2 Å². The minimum atomic E-state index is -0.844. The van der Waals surface area contributed by atoms with Crippen molar-refractivity contribution in [3.05, 3.63) is 54.1 Å². The van der Waals surface area contributed by atoms with Gasteiger partial charge in [0.25, 0.3) is 0 Å². The molecule has 1 fully saturated rings. The number of hydrogen-bond acceptors (Lipinski definition) is 7. The SMILES string of the molecule is CN1CCC(NC(O)Nc2ccc(C#N)cc2)C[C@@H]1C1Nc2ccccc2N1. The zero-order valence-corrected chi connectivity index (χ0v) is 15.9. The van der Waals surface area contributed by atoms with E-state index in [1.165, 1.54) is 0 Å². The van der Waals surface area contributed by atoms with Gasteiger partial charge in [-0.3, -0.25) is 10.2 Å². The summed E-state index contributed by atoms with van der Waals surface area (Å²) in [6.45, 7) is 0.960. The number of benzene rings is 2. The second kappa shape index (κ2) is 8.07. The molecule has 0 saturated carbocycles. The molecule has 2 aliphatic rings. The number of likely N-dealkylation sites (tertiary alicyclic amines) is 1. The lowest BCUT2D eigenvalue weighted by atomic mass is 9.95. The fourth-order valence-electron chi connectivity index (χ4n) is 4.02. The van der Waals surface area contributed by atoms with E-state index in [0.717, 1.165) is 36.4 Å². The monoisotopic (exact) mass is 378 g/mol. The second-order valence-corrected chi connectivity index (χ2v) is 7.48. The van der Waals surface area contributed by atoms with Gasteiger partial charge in [-0.15, -0.1) is 0 Å². The molecule has 1 saturated heterocycles. The van der Waals surface area contributed by atoms with Gasteiger partial charge in [0.05, 0.1) is 23.0 Å². The minimum Gasteiger partial charge on any atom is -0.362 e. The first-order valence-corrected chi connectivity index (χ1v) is 9.65. The molecule has 28 heavy (non-hydrogen) atoms. The van der Waals surface area contributed by atoms with E-state index in [4.69, 9.17) is 5.26 Å². The molecule has 0 spiro atoms. The van der Waals surface area contributed by atoms with Crippen LogP contribution in [0.3, 0.4) is 0 Å². The van der Waals surface area contributed by atoms with Crippen molar-refractivity contribution in [1.29, 1.82) is 5.26 Å². The predicted molar refractivity (Wildman–Crippen MR) is 111 cm³/mol. The molecule has 146 valence electrons. The van der Waals surface area contributed by atoms with E-state index < -0.39 is 6.35 Å². The molecular weight excluding hydrogens is 352 g/mol. The number of para-hydroxylation sites is 2. The van der Waals surface area contributed by atoms with Crippen LogP contribution in [0.25, 0.3) is 0 Å².